The number of benzene rings is 3. The van der Waals surface area contributed by atoms with E-state index in [-0.39, 0.29) is 0 Å². The fourth-order valence-electron chi connectivity index (χ4n) is 4.61. The van der Waals surface area contributed by atoms with Crippen LogP contribution in [0.2, 0.25) is 5.02 Å². The van der Waals surface area contributed by atoms with Crippen molar-refractivity contribution >= 4 is 45.4 Å². The Labute approximate surface area is 219 Å². The minimum absolute atomic E-state index is 0.305. The number of nitrogens with zero attached hydrogens (tertiary/aromatic N) is 1. The third-order valence-electron chi connectivity index (χ3n) is 6.58. The lowest BCUT2D eigenvalue weighted by Crippen LogP contribution is -2.34. The minimum Gasteiger partial charge on any atom is -0.493 e. The van der Waals surface area contributed by atoms with Crippen LogP contribution >= 0.6 is 27.5 Å². The molecular weight excluding hydrogens is 528 g/mol. The first kappa shape index (κ1) is 25.3. The van der Waals surface area contributed by atoms with E-state index in [4.69, 9.17) is 22.1 Å². The quantitative estimate of drug-likeness (QED) is 0.315. The number of carbonyl (C=O) groups excluding carboxylic acids is 2. The molecule has 182 valence electrons. The maximum atomic E-state index is 11.8. The van der Waals surface area contributed by atoms with Crippen LogP contribution in [0.4, 0.5) is 5.69 Å². The number of piperidine rings is 1. The van der Waals surface area contributed by atoms with Crippen molar-refractivity contribution in [1.82, 2.24) is 0 Å². The predicted molar refractivity (Wildman–Crippen MR) is 144 cm³/mol. The largest absolute Gasteiger partial charge is 0.493 e. The number of ether oxygens (including phenoxy) is 1. The predicted octanol–water partition coefficient (Wildman–Crippen LogP) is 6.29. The van der Waals surface area contributed by atoms with Crippen LogP contribution in [0.15, 0.2) is 65.1 Å². The highest BCUT2D eigenvalue weighted by Crippen LogP contribution is 2.34. The number of halogens is 2. The summed E-state index contributed by atoms with van der Waals surface area (Å²) in [6, 6.07) is 19.2. The average Bonchev–Trinajstić information content (AvgIpc) is 2.86. The second kappa shape index (κ2) is 11.7. The van der Waals surface area contributed by atoms with Gasteiger partial charge in [-0.2, -0.15) is 0 Å². The van der Waals surface area contributed by atoms with E-state index in [9.17, 15) is 9.59 Å². The Morgan fingerprint density at radius 1 is 1.09 bits per heavy atom. The van der Waals surface area contributed by atoms with Crippen LogP contribution in [0.1, 0.15) is 51.1 Å². The zero-order valence-corrected chi connectivity index (χ0v) is 21.7. The molecule has 1 heterocycles. The Morgan fingerprint density at radius 3 is 2.51 bits per heavy atom. The molecule has 7 heteroatoms. The van der Waals surface area contributed by atoms with Crippen LogP contribution in [0, 0.1) is 5.92 Å². The van der Waals surface area contributed by atoms with E-state index in [1.807, 2.05) is 48.5 Å². The topological polar surface area (TPSA) is 72.6 Å². The number of carbonyl (C=O) groups is 2. The third-order valence-corrected chi connectivity index (χ3v) is 7.70. The van der Waals surface area contributed by atoms with Gasteiger partial charge in [-0.1, -0.05) is 48.0 Å². The zero-order chi connectivity index (χ0) is 24.8. The summed E-state index contributed by atoms with van der Waals surface area (Å²) < 4.78 is 7.02. The molecule has 1 aliphatic heterocycles. The second-order valence-corrected chi connectivity index (χ2v) is 10.0. The van der Waals surface area contributed by atoms with Crippen molar-refractivity contribution in [2.45, 2.75) is 25.7 Å². The second-order valence-electron chi connectivity index (χ2n) is 8.79. The molecule has 5 nitrogen and oxygen atoms in total. The lowest BCUT2D eigenvalue weighted by Gasteiger charge is -2.34. The molecule has 3 aromatic rings. The van der Waals surface area contributed by atoms with Crippen LogP contribution in [0.5, 0.6) is 5.75 Å². The molecule has 0 aromatic heterocycles. The van der Waals surface area contributed by atoms with Crippen molar-refractivity contribution in [3.05, 3.63) is 92.4 Å². The zero-order valence-electron chi connectivity index (χ0n) is 19.4. The molecule has 0 saturated carbocycles. The maximum absolute atomic E-state index is 11.8. The van der Waals surface area contributed by atoms with Gasteiger partial charge in [0.25, 0.3) is 0 Å². The molecule has 3 aromatic carbocycles. The van der Waals surface area contributed by atoms with E-state index in [1.165, 1.54) is 0 Å². The lowest BCUT2D eigenvalue weighted by molar-refractivity contribution is 0.0999. The Kier molecular flexibility index (Phi) is 8.47. The highest BCUT2D eigenvalue weighted by atomic mass is 79.9. The van der Waals surface area contributed by atoms with E-state index < -0.39 is 5.91 Å². The first-order chi connectivity index (χ1) is 17.0. The third kappa shape index (κ3) is 6.06. The number of primary amides is 1. The number of nitrogens with two attached hydrogens (primary N) is 1. The summed E-state index contributed by atoms with van der Waals surface area (Å²) in [6.07, 6.45) is 4.47. The number of hydrogen-bond donors (Lipinski definition) is 1. The number of hydrogen-bond acceptors (Lipinski definition) is 4. The van der Waals surface area contributed by atoms with Gasteiger partial charge in [-0.25, -0.2) is 0 Å². The molecule has 0 radical (unpaired) electrons. The molecule has 0 spiro atoms. The van der Waals surface area contributed by atoms with Crippen LogP contribution in [-0.4, -0.2) is 31.9 Å². The number of amides is 1. The van der Waals surface area contributed by atoms with E-state index in [0.29, 0.717) is 40.8 Å². The first-order valence-electron chi connectivity index (χ1n) is 11.7. The van der Waals surface area contributed by atoms with Crippen LogP contribution in [0.25, 0.3) is 0 Å². The van der Waals surface area contributed by atoms with Gasteiger partial charge in [0.15, 0.2) is 6.29 Å². The van der Waals surface area contributed by atoms with Crippen molar-refractivity contribution in [1.29, 1.82) is 0 Å². The van der Waals surface area contributed by atoms with E-state index in [0.717, 1.165) is 59.9 Å². The van der Waals surface area contributed by atoms with E-state index >= 15 is 0 Å². The van der Waals surface area contributed by atoms with Crippen molar-refractivity contribution in [2.24, 2.45) is 11.7 Å². The molecule has 1 aliphatic rings. The first-order valence-corrected chi connectivity index (χ1v) is 12.9. The highest BCUT2D eigenvalue weighted by molar-refractivity contribution is 9.10. The number of aldehydes is 1. The fraction of sp³-hybridized carbons (Fsp3) is 0.286. The van der Waals surface area contributed by atoms with Gasteiger partial charge in [0.2, 0.25) is 5.91 Å². The summed E-state index contributed by atoms with van der Waals surface area (Å²) in [5.41, 5.74) is 9.37. The molecular formula is C28H28BrClN2O3. The lowest BCUT2D eigenvalue weighted by atomic mass is 9.93. The summed E-state index contributed by atoms with van der Waals surface area (Å²) >= 11 is 10.1. The van der Waals surface area contributed by atoms with Crippen molar-refractivity contribution in [2.75, 3.05) is 24.6 Å². The van der Waals surface area contributed by atoms with Crippen molar-refractivity contribution in [3.63, 3.8) is 0 Å². The monoisotopic (exact) mass is 554 g/mol. The van der Waals surface area contributed by atoms with Gasteiger partial charge in [0.1, 0.15) is 5.75 Å². The molecule has 1 saturated heterocycles. The molecule has 0 atom stereocenters. The molecule has 0 unspecified atom stereocenters. The molecule has 35 heavy (non-hydrogen) atoms. The summed E-state index contributed by atoms with van der Waals surface area (Å²) in [6.45, 7) is 2.37. The molecule has 0 bridgehead atoms. The van der Waals surface area contributed by atoms with Crippen molar-refractivity contribution in [3.8, 4) is 5.75 Å². The van der Waals surface area contributed by atoms with Gasteiger partial charge >= 0.3 is 0 Å². The Bertz CT molecular complexity index is 1190. The summed E-state index contributed by atoms with van der Waals surface area (Å²) in [5, 5.41) is 0.354. The maximum Gasteiger partial charge on any atom is 0.250 e. The van der Waals surface area contributed by atoms with Crippen LogP contribution in [0.3, 0.4) is 0 Å². The van der Waals surface area contributed by atoms with Crippen LogP contribution in [-0.2, 0) is 6.42 Å². The number of rotatable bonds is 9. The van der Waals surface area contributed by atoms with Gasteiger partial charge in [0, 0.05) is 35.2 Å². The van der Waals surface area contributed by atoms with Gasteiger partial charge < -0.3 is 15.4 Å². The summed E-state index contributed by atoms with van der Waals surface area (Å²) in [5.74, 6) is 0.674. The van der Waals surface area contributed by atoms with Crippen molar-refractivity contribution < 1.29 is 14.3 Å². The Morgan fingerprint density at radius 2 is 1.83 bits per heavy atom. The van der Waals surface area contributed by atoms with E-state index in [1.54, 1.807) is 12.1 Å². The normalized spacial score (nSPS) is 14.1. The van der Waals surface area contributed by atoms with Gasteiger partial charge in [-0.3, -0.25) is 9.59 Å². The Hall–Kier alpha value is -2.83. The summed E-state index contributed by atoms with van der Waals surface area (Å²) in [4.78, 5) is 25.6. The smallest absolute Gasteiger partial charge is 0.250 e. The fourth-order valence-corrected chi connectivity index (χ4v) is 5.38. The molecule has 1 amide bonds. The SMILES string of the molecule is NC(=O)c1ccc(OCCC2CCN(c3cccc(Br)c3C=O)CC2)c(Cc2ccccc2)c1Cl. The van der Waals surface area contributed by atoms with Gasteiger partial charge in [-0.05, 0) is 70.9 Å². The van der Waals surface area contributed by atoms with E-state index in [2.05, 4.69) is 20.8 Å². The number of anilines is 1. The molecule has 4 rings (SSSR count). The molecule has 2 N–H and O–H groups in total. The molecule has 0 aliphatic carbocycles. The standard InChI is InChI=1S/C28H28BrClN2O3/c29-24-7-4-8-25(23(24)18-33)32-14-11-19(12-15-32)13-16-35-26-10-9-21(28(31)34)27(30)22(26)17-20-5-2-1-3-6-20/h1-10,18-19H,11-17H2,(H2,31,34). The van der Waals surface area contributed by atoms with Crippen LogP contribution < -0.4 is 15.4 Å². The molecule has 1 fully saturated rings. The Balaban J connectivity index is 1.38. The van der Waals surface area contributed by atoms with Gasteiger partial charge in [-0.15, -0.1) is 0 Å². The minimum atomic E-state index is -0.550. The van der Waals surface area contributed by atoms with Gasteiger partial charge in [0.05, 0.1) is 22.8 Å². The highest BCUT2D eigenvalue weighted by Gasteiger charge is 2.22. The average molecular weight is 556 g/mol. The summed E-state index contributed by atoms with van der Waals surface area (Å²) in [7, 11) is 0.